The summed E-state index contributed by atoms with van der Waals surface area (Å²) in [5, 5.41) is 11.3. The molecule has 0 bridgehead atoms. The van der Waals surface area contributed by atoms with Gasteiger partial charge in [0, 0.05) is 6.54 Å². The van der Waals surface area contributed by atoms with Crippen LogP contribution in [0.3, 0.4) is 0 Å². The summed E-state index contributed by atoms with van der Waals surface area (Å²) in [5.74, 6) is 0.717. The number of anilines is 1. The zero-order valence-electron chi connectivity index (χ0n) is 17.0. The Bertz CT molecular complexity index is 1160. The lowest BCUT2D eigenvalue weighted by Crippen LogP contribution is -2.31. The molecule has 4 rings (SSSR count). The van der Waals surface area contributed by atoms with Crippen LogP contribution in [0.2, 0.25) is 0 Å². The third kappa shape index (κ3) is 4.58. The number of nitrogens with one attached hydrogen (secondary N) is 1. The monoisotopic (exact) mass is 440 g/mol. The van der Waals surface area contributed by atoms with E-state index in [9.17, 15) is 9.59 Å². The summed E-state index contributed by atoms with van der Waals surface area (Å²) in [4.78, 5) is 27.6. The van der Waals surface area contributed by atoms with Gasteiger partial charge in [0.15, 0.2) is 11.5 Å². The highest BCUT2D eigenvalue weighted by atomic mass is 32.1. The molecule has 31 heavy (non-hydrogen) atoms. The van der Waals surface area contributed by atoms with E-state index in [1.807, 2.05) is 13.8 Å². The van der Waals surface area contributed by atoms with Gasteiger partial charge in [0.2, 0.25) is 5.89 Å². The number of hydrogen-bond donors (Lipinski definition) is 1. The van der Waals surface area contributed by atoms with Crippen molar-refractivity contribution in [2.45, 2.75) is 26.8 Å². The largest absolute Gasteiger partial charge is 0.459 e. The Morgan fingerprint density at radius 2 is 1.97 bits per heavy atom. The first-order chi connectivity index (χ1) is 15.0. The first-order valence-electron chi connectivity index (χ1n) is 9.66. The van der Waals surface area contributed by atoms with Gasteiger partial charge in [-0.2, -0.15) is 0 Å². The smallest absolute Gasteiger partial charge is 0.291 e. The molecule has 1 N–H and O–H groups in total. The predicted octanol–water partition coefficient (Wildman–Crippen LogP) is 4.60. The highest BCUT2D eigenvalue weighted by Crippen LogP contribution is 2.29. The maximum absolute atomic E-state index is 13.2. The standard InChI is InChI=1S/C21H20N4O5S/c1-3-8-25(12-16-23-24-20(30-16)15-7-5-10-29-15)21(27)18-13(2)11-17(31-18)22-19(26)14-6-4-9-28-14/h4-7,9-11H,3,8,12H2,1-2H3,(H,22,26). The van der Waals surface area contributed by atoms with Gasteiger partial charge in [-0.15, -0.1) is 21.5 Å². The van der Waals surface area contributed by atoms with Crippen LogP contribution >= 0.6 is 11.3 Å². The van der Waals surface area contributed by atoms with Crippen LogP contribution in [0.5, 0.6) is 0 Å². The Morgan fingerprint density at radius 3 is 2.68 bits per heavy atom. The van der Waals surface area contributed by atoms with Crippen molar-refractivity contribution in [2.24, 2.45) is 0 Å². The Hall–Kier alpha value is -3.66. The summed E-state index contributed by atoms with van der Waals surface area (Å²) in [6.07, 6.45) is 3.71. The van der Waals surface area contributed by atoms with Gasteiger partial charge < -0.3 is 23.5 Å². The molecular formula is C21H20N4O5S. The summed E-state index contributed by atoms with van der Waals surface area (Å²) >= 11 is 1.21. The number of nitrogens with zero attached hydrogens (tertiary/aromatic N) is 3. The second-order valence-electron chi connectivity index (χ2n) is 6.76. The van der Waals surface area contributed by atoms with E-state index in [4.69, 9.17) is 13.3 Å². The van der Waals surface area contributed by atoms with E-state index < -0.39 is 0 Å². The molecule has 0 unspecified atom stereocenters. The van der Waals surface area contributed by atoms with Crippen LogP contribution in [-0.4, -0.2) is 33.5 Å². The van der Waals surface area contributed by atoms with Gasteiger partial charge in [0.1, 0.15) is 0 Å². The molecule has 0 atom stereocenters. The molecule has 9 nitrogen and oxygen atoms in total. The number of carbonyl (C=O) groups excluding carboxylic acids is 2. The van der Waals surface area contributed by atoms with Crippen molar-refractivity contribution >= 4 is 28.2 Å². The average Bonchev–Trinajstić information content (AvgIpc) is 3.53. The molecule has 0 aromatic carbocycles. The maximum Gasteiger partial charge on any atom is 0.291 e. The Kier molecular flexibility index (Phi) is 5.99. The highest BCUT2D eigenvalue weighted by Gasteiger charge is 2.23. The number of furan rings is 2. The van der Waals surface area contributed by atoms with E-state index in [1.165, 1.54) is 23.9 Å². The Balaban J connectivity index is 1.49. The fourth-order valence-corrected chi connectivity index (χ4v) is 4.02. The molecular weight excluding hydrogens is 420 g/mol. The normalized spacial score (nSPS) is 10.9. The fraction of sp³-hybridized carbons (Fsp3) is 0.238. The van der Waals surface area contributed by atoms with Gasteiger partial charge in [-0.05, 0) is 49.2 Å². The van der Waals surface area contributed by atoms with Crippen LogP contribution < -0.4 is 5.32 Å². The number of hydrogen-bond acceptors (Lipinski definition) is 8. The summed E-state index contributed by atoms with van der Waals surface area (Å²) in [5.41, 5.74) is 0.771. The molecule has 160 valence electrons. The maximum atomic E-state index is 13.2. The van der Waals surface area contributed by atoms with E-state index in [-0.39, 0.29) is 30.0 Å². The summed E-state index contributed by atoms with van der Waals surface area (Å²) in [6.45, 7) is 4.51. The van der Waals surface area contributed by atoms with E-state index in [0.29, 0.717) is 28.1 Å². The van der Waals surface area contributed by atoms with Crippen molar-refractivity contribution < 1.29 is 22.8 Å². The molecule has 2 amide bonds. The SMILES string of the molecule is CCCN(Cc1nnc(-c2ccco2)o1)C(=O)c1sc(NC(=O)c2ccco2)cc1C. The number of aromatic nitrogens is 2. The topological polar surface area (TPSA) is 115 Å². The average molecular weight is 440 g/mol. The lowest BCUT2D eigenvalue weighted by atomic mass is 10.2. The van der Waals surface area contributed by atoms with Gasteiger partial charge in [0.05, 0.1) is 28.9 Å². The van der Waals surface area contributed by atoms with E-state index >= 15 is 0 Å². The number of carbonyl (C=O) groups is 2. The Labute approximate surface area is 181 Å². The van der Waals surface area contributed by atoms with Crippen molar-refractivity contribution in [3.05, 3.63) is 64.9 Å². The zero-order chi connectivity index (χ0) is 21.8. The molecule has 0 aliphatic heterocycles. The van der Waals surface area contributed by atoms with Crippen LogP contribution in [0.25, 0.3) is 11.7 Å². The molecule has 0 saturated heterocycles. The van der Waals surface area contributed by atoms with Crippen LogP contribution in [0.4, 0.5) is 5.00 Å². The zero-order valence-corrected chi connectivity index (χ0v) is 17.8. The van der Waals surface area contributed by atoms with Crippen molar-refractivity contribution in [2.75, 3.05) is 11.9 Å². The molecule has 0 aliphatic rings. The number of aryl methyl sites for hydroxylation is 1. The van der Waals surface area contributed by atoms with E-state index in [1.54, 1.807) is 35.2 Å². The summed E-state index contributed by atoms with van der Waals surface area (Å²) < 4.78 is 16.0. The predicted molar refractivity (Wildman–Crippen MR) is 113 cm³/mol. The van der Waals surface area contributed by atoms with Gasteiger partial charge in [0.25, 0.3) is 17.7 Å². The van der Waals surface area contributed by atoms with E-state index in [2.05, 4.69) is 15.5 Å². The van der Waals surface area contributed by atoms with Gasteiger partial charge in [-0.25, -0.2) is 0 Å². The number of rotatable bonds is 8. The molecule has 4 aromatic heterocycles. The quantitative estimate of drug-likeness (QED) is 0.426. The molecule has 0 aliphatic carbocycles. The fourth-order valence-electron chi connectivity index (χ4n) is 2.98. The van der Waals surface area contributed by atoms with Crippen molar-refractivity contribution in [3.8, 4) is 11.7 Å². The summed E-state index contributed by atoms with van der Waals surface area (Å²) in [6, 6.07) is 8.44. The highest BCUT2D eigenvalue weighted by molar-refractivity contribution is 7.18. The van der Waals surface area contributed by atoms with Crippen LogP contribution in [0, 0.1) is 6.92 Å². The van der Waals surface area contributed by atoms with Crippen LogP contribution in [0.15, 0.2) is 56.1 Å². The van der Waals surface area contributed by atoms with Crippen molar-refractivity contribution in [1.82, 2.24) is 15.1 Å². The molecule has 0 radical (unpaired) electrons. The Morgan fingerprint density at radius 1 is 1.16 bits per heavy atom. The van der Waals surface area contributed by atoms with Gasteiger partial charge in [-0.1, -0.05) is 6.92 Å². The minimum absolute atomic E-state index is 0.166. The molecule has 0 fully saturated rings. The van der Waals surface area contributed by atoms with Gasteiger partial charge in [-0.3, -0.25) is 9.59 Å². The van der Waals surface area contributed by atoms with Crippen LogP contribution in [0.1, 0.15) is 45.0 Å². The third-order valence-electron chi connectivity index (χ3n) is 4.40. The number of thiophene rings is 1. The minimum Gasteiger partial charge on any atom is -0.459 e. The van der Waals surface area contributed by atoms with Crippen molar-refractivity contribution in [3.63, 3.8) is 0 Å². The molecule has 0 saturated carbocycles. The van der Waals surface area contributed by atoms with Gasteiger partial charge >= 0.3 is 0 Å². The minimum atomic E-state index is -0.369. The molecule has 4 aromatic rings. The second kappa shape index (κ2) is 9.00. The molecule has 10 heteroatoms. The van der Waals surface area contributed by atoms with Crippen LogP contribution in [-0.2, 0) is 6.54 Å². The molecule has 0 spiro atoms. The van der Waals surface area contributed by atoms with Crippen molar-refractivity contribution in [1.29, 1.82) is 0 Å². The molecule has 4 heterocycles. The third-order valence-corrected chi connectivity index (χ3v) is 5.54. The first kappa shape index (κ1) is 20.6. The number of amides is 2. The summed E-state index contributed by atoms with van der Waals surface area (Å²) in [7, 11) is 0. The first-order valence-corrected chi connectivity index (χ1v) is 10.5. The lowest BCUT2D eigenvalue weighted by molar-refractivity contribution is 0.0732. The second-order valence-corrected chi connectivity index (χ2v) is 7.81. The lowest BCUT2D eigenvalue weighted by Gasteiger charge is -2.19. The van der Waals surface area contributed by atoms with E-state index in [0.717, 1.165) is 12.0 Å².